The van der Waals surface area contributed by atoms with E-state index in [2.05, 4.69) is 0 Å². The SMILES string of the molecule is Nc1cc(F)ccc1COCc1cccs1. The number of halogens is 1. The van der Waals surface area contributed by atoms with Crippen molar-refractivity contribution in [2.75, 3.05) is 5.73 Å². The highest BCUT2D eigenvalue weighted by atomic mass is 32.1. The molecule has 1 heterocycles. The number of nitrogens with two attached hydrogens (primary N) is 1. The third kappa shape index (κ3) is 2.81. The van der Waals surface area contributed by atoms with Gasteiger partial charge in [0.15, 0.2) is 0 Å². The Labute approximate surface area is 97.5 Å². The molecule has 1 aromatic heterocycles. The third-order valence-corrected chi connectivity index (χ3v) is 3.04. The van der Waals surface area contributed by atoms with Gasteiger partial charge in [-0.3, -0.25) is 0 Å². The molecule has 84 valence electrons. The first-order valence-electron chi connectivity index (χ1n) is 4.90. The number of hydrogen-bond acceptors (Lipinski definition) is 3. The molecule has 0 saturated heterocycles. The molecular formula is C12H12FNOS. The summed E-state index contributed by atoms with van der Waals surface area (Å²) in [6.45, 7) is 0.971. The number of anilines is 1. The first-order chi connectivity index (χ1) is 7.75. The van der Waals surface area contributed by atoms with Gasteiger partial charge in [0, 0.05) is 16.1 Å². The van der Waals surface area contributed by atoms with Gasteiger partial charge in [-0.1, -0.05) is 12.1 Å². The average Bonchev–Trinajstić information content (AvgIpc) is 2.74. The van der Waals surface area contributed by atoms with E-state index in [0.717, 1.165) is 5.56 Å². The van der Waals surface area contributed by atoms with Crippen LogP contribution < -0.4 is 5.73 Å². The summed E-state index contributed by atoms with van der Waals surface area (Å²) in [6.07, 6.45) is 0. The van der Waals surface area contributed by atoms with Crippen molar-refractivity contribution in [3.8, 4) is 0 Å². The summed E-state index contributed by atoms with van der Waals surface area (Å²) in [5.41, 5.74) is 6.92. The first kappa shape index (κ1) is 11.1. The zero-order chi connectivity index (χ0) is 11.4. The summed E-state index contributed by atoms with van der Waals surface area (Å²) in [5.74, 6) is -0.320. The molecule has 1 aromatic carbocycles. The summed E-state index contributed by atoms with van der Waals surface area (Å²) in [4.78, 5) is 1.17. The van der Waals surface area contributed by atoms with Crippen LogP contribution in [0.2, 0.25) is 0 Å². The van der Waals surface area contributed by atoms with Gasteiger partial charge >= 0.3 is 0 Å². The maximum Gasteiger partial charge on any atom is 0.125 e. The van der Waals surface area contributed by atoms with E-state index in [1.807, 2.05) is 17.5 Å². The second kappa shape index (κ2) is 5.09. The maximum atomic E-state index is 12.8. The van der Waals surface area contributed by atoms with Crippen molar-refractivity contribution >= 4 is 17.0 Å². The molecule has 0 fully saturated rings. The van der Waals surface area contributed by atoms with Gasteiger partial charge in [0.1, 0.15) is 5.82 Å². The summed E-state index contributed by atoms with van der Waals surface area (Å²) in [5, 5.41) is 2.00. The van der Waals surface area contributed by atoms with Crippen LogP contribution in [0, 0.1) is 5.82 Å². The van der Waals surface area contributed by atoms with Crippen molar-refractivity contribution in [2.24, 2.45) is 0 Å². The minimum Gasteiger partial charge on any atom is -0.398 e. The number of thiophene rings is 1. The molecule has 0 unspecified atom stereocenters. The minimum absolute atomic E-state index is 0.320. The lowest BCUT2D eigenvalue weighted by molar-refractivity contribution is 0.109. The van der Waals surface area contributed by atoms with E-state index in [0.29, 0.717) is 18.9 Å². The van der Waals surface area contributed by atoms with E-state index in [1.54, 1.807) is 17.4 Å². The van der Waals surface area contributed by atoms with E-state index >= 15 is 0 Å². The molecule has 0 saturated carbocycles. The van der Waals surface area contributed by atoms with Gasteiger partial charge in [-0.2, -0.15) is 0 Å². The fourth-order valence-electron chi connectivity index (χ4n) is 1.35. The molecule has 0 aliphatic rings. The van der Waals surface area contributed by atoms with Crippen molar-refractivity contribution in [1.29, 1.82) is 0 Å². The Morgan fingerprint density at radius 2 is 2.12 bits per heavy atom. The Kier molecular flexibility index (Phi) is 3.54. The Hall–Kier alpha value is -1.39. The normalized spacial score (nSPS) is 10.6. The topological polar surface area (TPSA) is 35.2 Å². The van der Waals surface area contributed by atoms with Gasteiger partial charge in [0.25, 0.3) is 0 Å². The molecule has 0 amide bonds. The van der Waals surface area contributed by atoms with Crippen molar-refractivity contribution in [2.45, 2.75) is 13.2 Å². The monoisotopic (exact) mass is 237 g/mol. The molecule has 2 rings (SSSR count). The van der Waals surface area contributed by atoms with E-state index in [9.17, 15) is 4.39 Å². The number of benzene rings is 1. The molecule has 16 heavy (non-hydrogen) atoms. The highest BCUT2D eigenvalue weighted by molar-refractivity contribution is 7.09. The van der Waals surface area contributed by atoms with Crippen LogP contribution in [0.5, 0.6) is 0 Å². The Morgan fingerprint density at radius 1 is 1.25 bits per heavy atom. The van der Waals surface area contributed by atoms with Crippen LogP contribution in [0.15, 0.2) is 35.7 Å². The van der Waals surface area contributed by atoms with E-state index < -0.39 is 0 Å². The van der Waals surface area contributed by atoms with Crippen molar-refractivity contribution in [3.63, 3.8) is 0 Å². The Bertz CT molecular complexity index is 456. The van der Waals surface area contributed by atoms with Crippen LogP contribution >= 0.6 is 11.3 Å². The summed E-state index contributed by atoms with van der Waals surface area (Å²) in [7, 11) is 0. The zero-order valence-electron chi connectivity index (χ0n) is 8.65. The number of ether oxygens (including phenoxy) is 1. The zero-order valence-corrected chi connectivity index (χ0v) is 9.47. The van der Waals surface area contributed by atoms with Crippen molar-refractivity contribution < 1.29 is 9.13 Å². The van der Waals surface area contributed by atoms with Gasteiger partial charge in [0.2, 0.25) is 0 Å². The van der Waals surface area contributed by atoms with E-state index in [1.165, 1.54) is 17.0 Å². The fraction of sp³-hybridized carbons (Fsp3) is 0.167. The quantitative estimate of drug-likeness (QED) is 0.829. The van der Waals surface area contributed by atoms with Crippen LogP contribution in [0.4, 0.5) is 10.1 Å². The van der Waals surface area contributed by atoms with Crippen LogP contribution in [-0.4, -0.2) is 0 Å². The fourth-order valence-corrected chi connectivity index (χ4v) is 1.99. The van der Waals surface area contributed by atoms with Gasteiger partial charge in [-0.25, -0.2) is 4.39 Å². The van der Waals surface area contributed by atoms with Crippen LogP contribution in [-0.2, 0) is 18.0 Å². The summed E-state index contributed by atoms with van der Waals surface area (Å²) >= 11 is 1.65. The van der Waals surface area contributed by atoms with Gasteiger partial charge in [0.05, 0.1) is 13.2 Å². The molecule has 2 N–H and O–H groups in total. The van der Waals surface area contributed by atoms with Crippen LogP contribution in [0.1, 0.15) is 10.4 Å². The number of rotatable bonds is 4. The molecular weight excluding hydrogens is 225 g/mol. The smallest absolute Gasteiger partial charge is 0.125 e. The Balaban J connectivity index is 1.90. The van der Waals surface area contributed by atoms with Crippen LogP contribution in [0.25, 0.3) is 0 Å². The number of nitrogen functional groups attached to an aromatic ring is 1. The average molecular weight is 237 g/mol. The molecule has 0 aliphatic carbocycles. The second-order valence-corrected chi connectivity index (χ2v) is 4.45. The summed E-state index contributed by atoms with van der Waals surface area (Å²) < 4.78 is 18.3. The molecule has 0 radical (unpaired) electrons. The maximum absolute atomic E-state index is 12.8. The van der Waals surface area contributed by atoms with Crippen molar-refractivity contribution in [3.05, 3.63) is 52.0 Å². The third-order valence-electron chi connectivity index (χ3n) is 2.19. The lowest BCUT2D eigenvalue weighted by atomic mass is 10.2. The largest absolute Gasteiger partial charge is 0.398 e. The summed E-state index contributed by atoms with van der Waals surface area (Å²) in [6, 6.07) is 8.34. The molecule has 0 atom stereocenters. The molecule has 0 aliphatic heterocycles. The predicted octanol–water partition coefficient (Wildman–Crippen LogP) is 3.19. The van der Waals surface area contributed by atoms with E-state index in [-0.39, 0.29) is 5.82 Å². The first-order valence-corrected chi connectivity index (χ1v) is 5.77. The molecule has 0 spiro atoms. The standard InChI is InChI=1S/C12H12FNOS/c13-10-4-3-9(12(14)6-10)7-15-8-11-2-1-5-16-11/h1-6H,7-8,14H2. The van der Waals surface area contributed by atoms with E-state index in [4.69, 9.17) is 10.5 Å². The molecule has 0 bridgehead atoms. The lowest BCUT2D eigenvalue weighted by Crippen LogP contribution is -1.98. The minimum atomic E-state index is -0.320. The second-order valence-electron chi connectivity index (χ2n) is 3.42. The Morgan fingerprint density at radius 3 is 2.81 bits per heavy atom. The highest BCUT2D eigenvalue weighted by Gasteiger charge is 2.01. The molecule has 4 heteroatoms. The van der Waals surface area contributed by atoms with Gasteiger partial charge < -0.3 is 10.5 Å². The van der Waals surface area contributed by atoms with Gasteiger partial charge in [-0.05, 0) is 23.6 Å². The predicted molar refractivity (Wildman–Crippen MR) is 63.6 cm³/mol. The molecule has 2 aromatic rings. The molecule has 2 nitrogen and oxygen atoms in total. The highest BCUT2D eigenvalue weighted by Crippen LogP contribution is 2.16. The van der Waals surface area contributed by atoms with Crippen LogP contribution in [0.3, 0.4) is 0 Å². The van der Waals surface area contributed by atoms with Crippen molar-refractivity contribution in [1.82, 2.24) is 0 Å². The van der Waals surface area contributed by atoms with Gasteiger partial charge in [-0.15, -0.1) is 11.3 Å². The number of hydrogen-bond donors (Lipinski definition) is 1. The lowest BCUT2D eigenvalue weighted by Gasteiger charge is -2.06.